The van der Waals surface area contributed by atoms with Crippen molar-refractivity contribution in [1.29, 1.82) is 0 Å². The average molecular weight is 331 g/mol. The quantitative estimate of drug-likeness (QED) is 0.731. The summed E-state index contributed by atoms with van der Waals surface area (Å²) < 4.78 is 24.4. The van der Waals surface area contributed by atoms with Crippen molar-refractivity contribution in [2.24, 2.45) is 0 Å². The Morgan fingerprint density at radius 1 is 1.37 bits per heavy atom. The summed E-state index contributed by atoms with van der Waals surface area (Å²) in [6.07, 6.45) is 5.87. The summed E-state index contributed by atoms with van der Waals surface area (Å²) in [4.78, 5) is 0. The Morgan fingerprint density at radius 2 is 2.16 bits per heavy atom. The van der Waals surface area contributed by atoms with Gasteiger partial charge in [-0.2, -0.15) is 0 Å². The third-order valence-corrected chi connectivity index (χ3v) is 4.30. The fourth-order valence-corrected chi connectivity index (χ4v) is 3.04. The molecule has 1 fully saturated rings. The Kier molecular flexibility index (Phi) is 5.64. The van der Waals surface area contributed by atoms with Crippen LogP contribution >= 0.6 is 15.9 Å². The number of hydrogen-bond acceptors (Lipinski definition) is 2. The molecule has 0 aromatic heterocycles. The predicted octanol–water partition coefficient (Wildman–Crippen LogP) is 4.10. The van der Waals surface area contributed by atoms with E-state index in [0.29, 0.717) is 12.2 Å². The first-order valence-electron chi connectivity index (χ1n) is 6.76. The number of aryl methyl sites for hydroxylation is 1. The molecule has 2 unspecified atom stereocenters. The van der Waals surface area contributed by atoms with Crippen molar-refractivity contribution in [2.45, 2.75) is 44.3 Å². The molecule has 1 aliphatic rings. The molecule has 0 bridgehead atoms. The maximum Gasteiger partial charge on any atom is 0.123 e. The second kappa shape index (κ2) is 7.25. The van der Waals surface area contributed by atoms with Crippen molar-refractivity contribution >= 4 is 15.9 Å². The fourth-order valence-electron chi connectivity index (χ4n) is 2.57. The van der Waals surface area contributed by atoms with Gasteiger partial charge in [-0.1, -0.05) is 15.9 Å². The summed E-state index contributed by atoms with van der Waals surface area (Å²) in [5, 5.41) is 0.918. The monoisotopic (exact) mass is 330 g/mol. The van der Waals surface area contributed by atoms with E-state index in [4.69, 9.17) is 9.47 Å². The highest BCUT2D eigenvalue weighted by atomic mass is 79.9. The van der Waals surface area contributed by atoms with Gasteiger partial charge in [0.1, 0.15) is 11.6 Å². The van der Waals surface area contributed by atoms with Crippen LogP contribution in [0.5, 0.6) is 5.75 Å². The highest BCUT2D eigenvalue weighted by Gasteiger charge is 2.23. The van der Waals surface area contributed by atoms with Gasteiger partial charge in [0, 0.05) is 5.33 Å². The molecule has 1 aromatic carbocycles. The molecule has 2 rings (SSSR count). The van der Waals surface area contributed by atoms with Crippen LogP contribution in [0.15, 0.2) is 18.2 Å². The van der Waals surface area contributed by atoms with Crippen LogP contribution in [0.2, 0.25) is 0 Å². The predicted molar refractivity (Wildman–Crippen MR) is 77.6 cm³/mol. The fraction of sp³-hybridized carbons (Fsp3) is 0.600. The molecular weight excluding hydrogens is 311 g/mol. The van der Waals surface area contributed by atoms with Gasteiger partial charge in [0.2, 0.25) is 0 Å². The van der Waals surface area contributed by atoms with Crippen molar-refractivity contribution in [2.75, 3.05) is 12.4 Å². The van der Waals surface area contributed by atoms with E-state index >= 15 is 0 Å². The Morgan fingerprint density at radius 3 is 2.84 bits per heavy atom. The summed E-state index contributed by atoms with van der Waals surface area (Å²) >= 11 is 3.45. The van der Waals surface area contributed by atoms with Gasteiger partial charge in [-0.25, -0.2) is 4.39 Å². The average Bonchev–Trinajstić information content (AvgIpc) is 2.87. The lowest BCUT2D eigenvalue weighted by atomic mass is 10.0. The largest absolute Gasteiger partial charge is 0.496 e. The third-order valence-electron chi connectivity index (χ3n) is 3.58. The van der Waals surface area contributed by atoms with Gasteiger partial charge in [0.15, 0.2) is 0 Å². The molecule has 0 saturated carbocycles. The highest BCUT2D eigenvalue weighted by molar-refractivity contribution is 9.09. The van der Waals surface area contributed by atoms with Crippen LogP contribution < -0.4 is 4.74 Å². The Hall–Kier alpha value is -0.610. The first-order valence-corrected chi connectivity index (χ1v) is 7.89. The summed E-state index contributed by atoms with van der Waals surface area (Å²) in [5.74, 6) is 0.569. The molecule has 4 heteroatoms. The number of rotatable bonds is 6. The standard InChI is InChI=1S/C15H20BrFO2/c1-18-15-8-5-12(17)9-11(15)3-2-4-13-6-7-14(10-16)19-13/h5,8-9,13-14H,2-4,6-7,10H2,1H3. The van der Waals surface area contributed by atoms with Crippen LogP contribution in [0, 0.1) is 5.82 Å². The molecule has 0 aliphatic carbocycles. The van der Waals surface area contributed by atoms with Crippen LogP contribution in [0.4, 0.5) is 4.39 Å². The van der Waals surface area contributed by atoms with E-state index in [-0.39, 0.29) is 5.82 Å². The maximum absolute atomic E-state index is 13.2. The lowest BCUT2D eigenvalue weighted by molar-refractivity contribution is 0.0530. The van der Waals surface area contributed by atoms with Gasteiger partial charge in [0.25, 0.3) is 0 Å². The molecular formula is C15H20BrFO2. The molecule has 2 atom stereocenters. The minimum Gasteiger partial charge on any atom is -0.496 e. The number of hydrogen-bond donors (Lipinski definition) is 0. The minimum atomic E-state index is -0.202. The van der Waals surface area contributed by atoms with Crippen molar-refractivity contribution in [3.05, 3.63) is 29.6 Å². The van der Waals surface area contributed by atoms with Gasteiger partial charge in [-0.15, -0.1) is 0 Å². The van der Waals surface area contributed by atoms with Crippen molar-refractivity contribution < 1.29 is 13.9 Å². The van der Waals surface area contributed by atoms with Gasteiger partial charge in [-0.05, 0) is 55.9 Å². The number of benzene rings is 1. The summed E-state index contributed by atoms with van der Waals surface area (Å²) in [6, 6.07) is 4.69. The molecule has 1 saturated heterocycles. The normalized spacial score (nSPS) is 22.7. The van der Waals surface area contributed by atoms with E-state index in [9.17, 15) is 4.39 Å². The van der Waals surface area contributed by atoms with Gasteiger partial charge >= 0.3 is 0 Å². The van der Waals surface area contributed by atoms with E-state index in [1.165, 1.54) is 6.07 Å². The van der Waals surface area contributed by atoms with Gasteiger partial charge in [-0.3, -0.25) is 0 Å². The summed E-state index contributed by atoms with van der Waals surface area (Å²) in [6.45, 7) is 0. The molecule has 2 nitrogen and oxygen atoms in total. The first-order chi connectivity index (χ1) is 9.22. The van der Waals surface area contributed by atoms with Crippen LogP contribution in [0.1, 0.15) is 31.2 Å². The molecule has 0 radical (unpaired) electrons. The molecule has 1 aliphatic heterocycles. The zero-order chi connectivity index (χ0) is 13.7. The Bertz CT molecular complexity index is 411. The van der Waals surface area contributed by atoms with Crippen LogP contribution in [0.25, 0.3) is 0 Å². The lowest BCUT2D eigenvalue weighted by Gasteiger charge is -2.13. The van der Waals surface area contributed by atoms with Crippen molar-refractivity contribution in [1.82, 2.24) is 0 Å². The second-order valence-corrected chi connectivity index (χ2v) is 5.61. The van der Waals surface area contributed by atoms with Crippen LogP contribution in [-0.4, -0.2) is 24.6 Å². The molecule has 0 spiro atoms. The number of ether oxygens (including phenoxy) is 2. The summed E-state index contributed by atoms with van der Waals surface area (Å²) in [7, 11) is 1.62. The number of halogens is 2. The van der Waals surface area contributed by atoms with Gasteiger partial charge < -0.3 is 9.47 Å². The maximum atomic E-state index is 13.2. The lowest BCUT2D eigenvalue weighted by Crippen LogP contribution is -2.12. The van der Waals surface area contributed by atoms with Crippen LogP contribution in [-0.2, 0) is 11.2 Å². The molecule has 106 valence electrons. The van der Waals surface area contributed by atoms with E-state index < -0.39 is 0 Å². The van der Waals surface area contributed by atoms with Gasteiger partial charge in [0.05, 0.1) is 19.3 Å². The van der Waals surface area contributed by atoms with E-state index in [1.54, 1.807) is 19.2 Å². The smallest absolute Gasteiger partial charge is 0.123 e. The number of methoxy groups -OCH3 is 1. The zero-order valence-corrected chi connectivity index (χ0v) is 12.8. The Labute approximate surface area is 122 Å². The third kappa shape index (κ3) is 4.18. The highest BCUT2D eigenvalue weighted by Crippen LogP contribution is 2.26. The minimum absolute atomic E-state index is 0.202. The van der Waals surface area contributed by atoms with E-state index in [1.807, 2.05) is 0 Å². The molecule has 1 aromatic rings. The van der Waals surface area contributed by atoms with Crippen LogP contribution in [0.3, 0.4) is 0 Å². The van der Waals surface area contributed by atoms with E-state index in [2.05, 4.69) is 15.9 Å². The number of alkyl halides is 1. The van der Waals surface area contributed by atoms with Crippen molar-refractivity contribution in [3.8, 4) is 5.75 Å². The molecule has 1 heterocycles. The van der Waals surface area contributed by atoms with Crippen molar-refractivity contribution in [3.63, 3.8) is 0 Å². The van der Waals surface area contributed by atoms with E-state index in [0.717, 1.165) is 48.7 Å². The molecule has 19 heavy (non-hydrogen) atoms. The second-order valence-electron chi connectivity index (χ2n) is 4.96. The first kappa shape index (κ1) is 14.8. The molecule has 0 amide bonds. The summed E-state index contributed by atoms with van der Waals surface area (Å²) in [5.41, 5.74) is 0.942. The zero-order valence-electron chi connectivity index (χ0n) is 11.2. The Balaban J connectivity index is 1.81. The molecule has 0 N–H and O–H groups in total. The SMILES string of the molecule is COc1ccc(F)cc1CCCC1CCC(CBr)O1. The topological polar surface area (TPSA) is 18.5 Å².